The fourth-order valence-corrected chi connectivity index (χ4v) is 5.08. The summed E-state index contributed by atoms with van der Waals surface area (Å²) in [5.41, 5.74) is 9.00. The first kappa shape index (κ1) is 32.6. The minimum Gasteiger partial charge on any atom is -0.468 e. The molecule has 0 saturated carbocycles. The SMILES string of the molecule is COC(=O)[C@@H](CC(C)C)OS(C)(=O)=O.COC(=O)[C@@H](N)Cc1cn(Cc2cc(Cl)cc(Cl)c2)c2ccccc12. The maximum absolute atomic E-state index is 11.6. The fraction of sp³-hybridized carbons (Fsp3) is 0.407. The lowest BCUT2D eigenvalue weighted by Crippen LogP contribution is -2.33. The van der Waals surface area contributed by atoms with E-state index in [1.165, 1.54) is 14.2 Å². The highest BCUT2D eigenvalue weighted by Crippen LogP contribution is 2.25. The van der Waals surface area contributed by atoms with Gasteiger partial charge in [0.15, 0.2) is 6.10 Å². The topological polar surface area (TPSA) is 127 Å². The molecule has 214 valence electrons. The predicted octanol–water partition coefficient (Wildman–Crippen LogP) is 4.59. The monoisotopic (exact) mass is 600 g/mol. The van der Waals surface area contributed by atoms with Crippen molar-refractivity contribution in [2.24, 2.45) is 11.7 Å². The van der Waals surface area contributed by atoms with Crippen LogP contribution in [0.4, 0.5) is 0 Å². The zero-order valence-corrected chi connectivity index (χ0v) is 24.8. The van der Waals surface area contributed by atoms with E-state index in [1.807, 2.05) is 56.4 Å². The Morgan fingerprint density at radius 2 is 1.59 bits per heavy atom. The van der Waals surface area contributed by atoms with E-state index in [4.69, 9.17) is 33.7 Å². The van der Waals surface area contributed by atoms with Crippen molar-refractivity contribution in [2.45, 2.75) is 45.4 Å². The molecule has 0 spiro atoms. The first-order valence-electron chi connectivity index (χ1n) is 12.0. The average Bonchev–Trinajstić information content (AvgIpc) is 3.18. The van der Waals surface area contributed by atoms with Gasteiger partial charge in [-0.25, -0.2) is 4.79 Å². The van der Waals surface area contributed by atoms with Crippen LogP contribution in [-0.2, 0) is 46.3 Å². The molecular weight excluding hydrogens is 567 g/mol. The van der Waals surface area contributed by atoms with Gasteiger partial charge in [-0.05, 0) is 47.7 Å². The van der Waals surface area contributed by atoms with Gasteiger partial charge in [0.2, 0.25) is 0 Å². The van der Waals surface area contributed by atoms with Crippen molar-refractivity contribution in [3.8, 4) is 0 Å². The van der Waals surface area contributed by atoms with Crippen LogP contribution in [0.5, 0.6) is 0 Å². The quantitative estimate of drug-likeness (QED) is 0.264. The number of hydrogen-bond acceptors (Lipinski definition) is 8. The van der Waals surface area contributed by atoms with E-state index in [-0.39, 0.29) is 5.92 Å². The molecule has 2 atom stereocenters. The molecule has 2 aromatic carbocycles. The summed E-state index contributed by atoms with van der Waals surface area (Å²) >= 11 is 12.2. The molecule has 0 aliphatic heterocycles. The Hall–Kier alpha value is -2.63. The van der Waals surface area contributed by atoms with Crippen LogP contribution in [0.3, 0.4) is 0 Å². The minimum absolute atomic E-state index is 0.154. The zero-order valence-electron chi connectivity index (χ0n) is 22.5. The average molecular weight is 602 g/mol. The summed E-state index contributed by atoms with van der Waals surface area (Å²) in [5, 5.41) is 2.27. The fourth-order valence-electron chi connectivity index (χ4n) is 3.93. The van der Waals surface area contributed by atoms with Gasteiger partial charge in [0.1, 0.15) is 6.04 Å². The van der Waals surface area contributed by atoms with Crippen molar-refractivity contribution in [2.75, 3.05) is 20.5 Å². The van der Waals surface area contributed by atoms with E-state index >= 15 is 0 Å². The Balaban J connectivity index is 0.000000326. The van der Waals surface area contributed by atoms with Crippen LogP contribution in [0.15, 0.2) is 48.7 Å². The van der Waals surface area contributed by atoms with Gasteiger partial charge in [-0.3, -0.25) is 8.98 Å². The number of aromatic nitrogens is 1. The molecule has 0 saturated heterocycles. The van der Waals surface area contributed by atoms with E-state index < -0.39 is 34.2 Å². The number of rotatable bonds is 10. The molecule has 0 fully saturated rings. The minimum atomic E-state index is -3.62. The first-order chi connectivity index (χ1) is 18.2. The van der Waals surface area contributed by atoms with Crippen molar-refractivity contribution in [3.63, 3.8) is 0 Å². The normalized spacial score (nSPS) is 12.9. The number of fused-ring (bicyclic) bond motifs is 1. The van der Waals surface area contributed by atoms with Crippen LogP contribution in [-0.4, -0.2) is 57.5 Å². The third-order valence-electron chi connectivity index (χ3n) is 5.53. The maximum atomic E-state index is 11.6. The smallest absolute Gasteiger partial charge is 0.336 e. The summed E-state index contributed by atoms with van der Waals surface area (Å²) in [5.74, 6) is -0.927. The van der Waals surface area contributed by atoms with E-state index in [0.717, 1.165) is 28.3 Å². The Morgan fingerprint density at radius 1 is 1.00 bits per heavy atom. The molecule has 3 rings (SSSR count). The van der Waals surface area contributed by atoms with Crippen LogP contribution in [0.2, 0.25) is 10.0 Å². The molecule has 1 aromatic heterocycles. The summed E-state index contributed by atoms with van der Waals surface area (Å²) in [7, 11) is -1.09. The number of benzene rings is 2. The number of carbonyl (C=O) groups is 2. The molecule has 0 unspecified atom stereocenters. The molecule has 0 radical (unpaired) electrons. The van der Waals surface area contributed by atoms with Crippen molar-refractivity contribution in [1.29, 1.82) is 0 Å². The lowest BCUT2D eigenvalue weighted by atomic mass is 10.1. The van der Waals surface area contributed by atoms with Crippen LogP contribution >= 0.6 is 23.2 Å². The van der Waals surface area contributed by atoms with Crippen LogP contribution in [0.1, 0.15) is 31.4 Å². The van der Waals surface area contributed by atoms with Gasteiger partial charge < -0.3 is 19.8 Å². The molecule has 0 amide bonds. The van der Waals surface area contributed by atoms with Gasteiger partial charge in [-0.15, -0.1) is 0 Å². The number of ether oxygens (including phenoxy) is 2. The van der Waals surface area contributed by atoms with Crippen molar-refractivity contribution < 1.29 is 31.7 Å². The Bertz CT molecular complexity index is 1370. The van der Waals surface area contributed by atoms with Crippen molar-refractivity contribution in [3.05, 3.63) is 69.8 Å². The summed E-state index contributed by atoms with van der Waals surface area (Å²) < 4.78 is 37.5. The van der Waals surface area contributed by atoms with E-state index in [1.54, 1.807) is 6.07 Å². The lowest BCUT2D eigenvalue weighted by Gasteiger charge is -2.15. The summed E-state index contributed by atoms with van der Waals surface area (Å²) in [6, 6.07) is 12.8. The number of hydrogen-bond donors (Lipinski definition) is 1. The lowest BCUT2D eigenvalue weighted by molar-refractivity contribution is -0.149. The molecule has 0 bridgehead atoms. The van der Waals surface area contributed by atoms with Gasteiger partial charge in [-0.2, -0.15) is 8.42 Å². The molecule has 12 heteroatoms. The van der Waals surface area contributed by atoms with E-state index in [2.05, 4.69) is 13.5 Å². The Kier molecular flexibility index (Phi) is 12.3. The third kappa shape index (κ3) is 10.5. The molecule has 0 aliphatic carbocycles. The second-order valence-corrected chi connectivity index (χ2v) is 11.8. The van der Waals surface area contributed by atoms with Gasteiger partial charge in [0.25, 0.3) is 10.1 Å². The Labute approximate surface area is 239 Å². The number of methoxy groups -OCH3 is 2. The standard InChI is InChI=1S/C19H18Cl2N2O2.C8H16O5S/c1-25-19(24)17(22)8-13-11-23(18-5-3-2-4-16(13)18)10-12-6-14(20)9-15(21)7-12;1-6(2)5-7(8(9)12-3)13-14(4,10)11/h2-7,9,11,17H,8,10,22H2,1H3;6-7H,5H2,1-4H3/t17-;7-/m01/s1. The molecule has 1 heterocycles. The highest BCUT2D eigenvalue weighted by atomic mass is 35.5. The molecule has 39 heavy (non-hydrogen) atoms. The molecule has 0 aliphatic rings. The molecule has 2 N–H and O–H groups in total. The number of carbonyl (C=O) groups excluding carboxylic acids is 2. The number of nitrogens with zero attached hydrogens (tertiary/aromatic N) is 1. The largest absolute Gasteiger partial charge is 0.468 e. The Morgan fingerprint density at radius 3 is 2.13 bits per heavy atom. The van der Waals surface area contributed by atoms with Crippen LogP contribution in [0.25, 0.3) is 10.9 Å². The second-order valence-electron chi connectivity index (χ2n) is 9.35. The first-order valence-corrected chi connectivity index (χ1v) is 14.6. The van der Waals surface area contributed by atoms with E-state index in [9.17, 15) is 18.0 Å². The zero-order chi connectivity index (χ0) is 29.3. The third-order valence-corrected chi connectivity index (χ3v) is 6.55. The summed E-state index contributed by atoms with van der Waals surface area (Å²) in [6.07, 6.45) is 2.62. The van der Waals surface area contributed by atoms with Gasteiger partial charge in [0, 0.05) is 40.1 Å². The van der Waals surface area contributed by atoms with Crippen LogP contribution in [0, 0.1) is 5.92 Å². The second kappa shape index (κ2) is 14.7. The number of esters is 2. The highest BCUT2D eigenvalue weighted by molar-refractivity contribution is 7.86. The summed E-state index contributed by atoms with van der Waals surface area (Å²) in [6.45, 7) is 4.34. The summed E-state index contributed by atoms with van der Waals surface area (Å²) in [4.78, 5) is 22.8. The van der Waals surface area contributed by atoms with Gasteiger partial charge >= 0.3 is 11.9 Å². The molecular formula is C27H34Cl2N2O7S. The number of para-hydroxylation sites is 1. The van der Waals surface area contributed by atoms with Gasteiger partial charge in [-0.1, -0.05) is 55.2 Å². The van der Waals surface area contributed by atoms with Crippen molar-refractivity contribution >= 4 is 56.2 Å². The molecule has 3 aromatic rings. The number of halogens is 2. The highest BCUT2D eigenvalue weighted by Gasteiger charge is 2.25. The van der Waals surface area contributed by atoms with Crippen LogP contribution < -0.4 is 5.73 Å². The van der Waals surface area contributed by atoms with Crippen molar-refractivity contribution in [1.82, 2.24) is 4.57 Å². The predicted molar refractivity (Wildman–Crippen MR) is 152 cm³/mol. The van der Waals surface area contributed by atoms with Gasteiger partial charge in [0.05, 0.1) is 20.5 Å². The molecule has 9 nitrogen and oxygen atoms in total. The van der Waals surface area contributed by atoms with E-state index in [0.29, 0.717) is 29.4 Å². The maximum Gasteiger partial charge on any atom is 0.336 e. The number of nitrogens with two attached hydrogens (primary N) is 1.